The highest BCUT2D eigenvalue weighted by molar-refractivity contribution is 6.10. The fourth-order valence-electron chi connectivity index (χ4n) is 2.79. The zero-order chi connectivity index (χ0) is 14.8. The molecule has 3 rings (SSSR count). The Balaban J connectivity index is 2.07. The first kappa shape index (κ1) is 13.6. The summed E-state index contributed by atoms with van der Waals surface area (Å²) in [5, 5.41) is 0. The molecule has 2 unspecified atom stereocenters. The van der Waals surface area contributed by atoms with Gasteiger partial charge in [0, 0.05) is 17.2 Å². The first-order valence-electron chi connectivity index (χ1n) is 7.32. The Kier molecular flexibility index (Phi) is 3.61. The van der Waals surface area contributed by atoms with Crippen molar-refractivity contribution in [3.8, 4) is 0 Å². The molecule has 1 heterocycles. The number of hydrogen-bond acceptors (Lipinski definition) is 2. The van der Waals surface area contributed by atoms with Gasteiger partial charge in [0.05, 0.1) is 11.8 Å². The van der Waals surface area contributed by atoms with Gasteiger partial charge in [-0.1, -0.05) is 61.5 Å². The van der Waals surface area contributed by atoms with Crippen molar-refractivity contribution in [2.45, 2.75) is 19.9 Å². The number of nitrogens with two attached hydrogens (primary N) is 1. The number of allylic oxidation sites excluding steroid dienone is 1. The van der Waals surface area contributed by atoms with Crippen LogP contribution in [0.5, 0.6) is 0 Å². The van der Waals surface area contributed by atoms with Crippen LogP contribution in [0.1, 0.15) is 29.7 Å². The quantitative estimate of drug-likeness (QED) is 0.884. The standard InChI is InChI=1S/C19H20N2/c1-13-8-6-7-11-16(13)18-12-17(20)14(2)19(21-18)15-9-4-3-5-10-15/h3-12,14,19H,20H2,1-2H3. The molecule has 0 saturated heterocycles. The molecule has 2 heteroatoms. The summed E-state index contributed by atoms with van der Waals surface area (Å²) in [7, 11) is 0. The third kappa shape index (κ3) is 2.62. The number of nitrogens with zero attached hydrogens (tertiary/aromatic N) is 1. The van der Waals surface area contributed by atoms with Gasteiger partial charge < -0.3 is 5.73 Å². The van der Waals surface area contributed by atoms with Gasteiger partial charge in [0.25, 0.3) is 0 Å². The van der Waals surface area contributed by atoms with Gasteiger partial charge in [-0.05, 0) is 24.1 Å². The summed E-state index contributed by atoms with van der Waals surface area (Å²) >= 11 is 0. The Bertz CT molecular complexity index is 699. The second-order valence-corrected chi connectivity index (χ2v) is 5.62. The summed E-state index contributed by atoms with van der Waals surface area (Å²) in [5.74, 6) is 0.222. The average Bonchev–Trinajstić information content (AvgIpc) is 2.51. The molecule has 1 aliphatic rings. The maximum Gasteiger partial charge on any atom is 0.0836 e. The molecule has 2 aromatic rings. The van der Waals surface area contributed by atoms with Crippen molar-refractivity contribution in [2.24, 2.45) is 16.6 Å². The molecular weight excluding hydrogens is 256 g/mol. The van der Waals surface area contributed by atoms with Gasteiger partial charge in [-0.15, -0.1) is 0 Å². The fraction of sp³-hybridized carbons (Fsp3) is 0.211. The molecule has 2 aromatic carbocycles. The highest BCUT2D eigenvalue weighted by atomic mass is 14.8. The third-order valence-corrected chi connectivity index (χ3v) is 4.14. The Hall–Kier alpha value is -2.35. The Morgan fingerprint density at radius 3 is 2.33 bits per heavy atom. The monoisotopic (exact) mass is 276 g/mol. The maximum atomic E-state index is 6.26. The molecule has 1 aliphatic heterocycles. The van der Waals surface area contributed by atoms with Gasteiger partial charge in [-0.3, -0.25) is 4.99 Å². The summed E-state index contributed by atoms with van der Waals surface area (Å²) in [6, 6.07) is 18.8. The van der Waals surface area contributed by atoms with Crippen molar-refractivity contribution in [3.63, 3.8) is 0 Å². The van der Waals surface area contributed by atoms with Crippen molar-refractivity contribution in [2.75, 3.05) is 0 Å². The molecule has 106 valence electrons. The Morgan fingerprint density at radius 2 is 1.62 bits per heavy atom. The molecule has 0 aromatic heterocycles. The van der Waals surface area contributed by atoms with Crippen molar-refractivity contribution in [1.82, 2.24) is 0 Å². The molecular formula is C19H20N2. The minimum absolute atomic E-state index is 0.0887. The lowest BCUT2D eigenvalue weighted by atomic mass is 9.88. The fourth-order valence-corrected chi connectivity index (χ4v) is 2.79. The van der Waals surface area contributed by atoms with Crippen LogP contribution in [0.2, 0.25) is 0 Å². The molecule has 0 amide bonds. The van der Waals surface area contributed by atoms with Crippen molar-refractivity contribution < 1.29 is 0 Å². The summed E-state index contributed by atoms with van der Waals surface area (Å²) < 4.78 is 0. The highest BCUT2D eigenvalue weighted by Crippen LogP contribution is 2.33. The van der Waals surface area contributed by atoms with E-state index in [0.29, 0.717) is 0 Å². The van der Waals surface area contributed by atoms with Crippen LogP contribution >= 0.6 is 0 Å². The predicted molar refractivity (Wildman–Crippen MR) is 88.3 cm³/mol. The lowest BCUT2D eigenvalue weighted by Gasteiger charge is -2.27. The van der Waals surface area contributed by atoms with E-state index < -0.39 is 0 Å². The van der Waals surface area contributed by atoms with Gasteiger partial charge in [-0.25, -0.2) is 0 Å². The van der Waals surface area contributed by atoms with E-state index in [0.717, 1.165) is 17.0 Å². The van der Waals surface area contributed by atoms with Crippen LogP contribution in [0.15, 0.2) is 71.4 Å². The second-order valence-electron chi connectivity index (χ2n) is 5.62. The molecule has 21 heavy (non-hydrogen) atoms. The zero-order valence-electron chi connectivity index (χ0n) is 12.5. The SMILES string of the molecule is Cc1ccccc1C1=NC(c2ccccc2)C(C)C(N)=C1. The largest absolute Gasteiger partial charge is 0.402 e. The number of rotatable bonds is 2. The van der Waals surface area contributed by atoms with Gasteiger partial charge in [0.1, 0.15) is 0 Å². The molecule has 0 bridgehead atoms. The summed E-state index contributed by atoms with van der Waals surface area (Å²) in [6.45, 7) is 4.25. The average molecular weight is 276 g/mol. The van der Waals surface area contributed by atoms with E-state index in [1.807, 2.05) is 24.3 Å². The predicted octanol–water partition coefficient (Wildman–Crippen LogP) is 4.02. The highest BCUT2D eigenvalue weighted by Gasteiger charge is 2.25. The van der Waals surface area contributed by atoms with Crippen LogP contribution in [0.3, 0.4) is 0 Å². The van der Waals surface area contributed by atoms with Crippen LogP contribution < -0.4 is 5.73 Å². The van der Waals surface area contributed by atoms with Crippen LogP contribution in [0.4, 0.5) is 0 Å². The normalized spacial score (nSPS) is 21.6. The first-order chi connectivity index (χ1) is 10.2. The van der Waals surface area contributed by atoms with Crippen molar-refractivity contribution >= 4 is 5.71 Å². The smallest absolute Gasteiger partial charge is 0.0836 e. The maximum absolute atomic E-state index is 6.26. The van der Waals surface area contributed by atoms with Crippen molar-refractivity contribution in [1.29, 1.82) is 0 Å². The summed E-state index contributed by atoms with van der Waals surface area (Å²) in [6.07, 6.45) is 2.02. The number of benzene rings is 2. The summed E-state index contributed by atoms with van der Waals surface area (Å²) in [5.41, 5.74) is 11.7. The Labute approximate surface area is 126 Å². The topological polar surface area (TPSA) is 38.4 Å². The number of hydrogen-bond donors (Lipinski definition) is 1. The van der Waals surface area contributed by atoms with E-state index >= 15 is 0 Å². The number of aryl methyl sites for hydroxylation is 1. The van der Waals surface area contributed by atoms with Crippen LogP contribution in [0.25, 0.3) is 0 Å². The number of dihydropyridines is 1. The second kappa shape index (κ2) is 5.57. The van der Waals surface area contributed by atoms with Crippen LogP contribution in [0, 0.1) is 12.8 Å². The van der Waals surface area contributed by atoms with Gasteiger partial charge in [0.2, 0.25) is 0 Å². The molecule has 2 atom stereocenters. The van der Waals surface area contributed by atoms with Crippen molar-refractivity contribution in [3.05, 3.63) is 83.1 Å². The molecule has 0 aliphatic carbocycles. The molecule has 2 nitrogen and oxygen atoms in total. The van der Waals surface area contributed by atoms with Crippen LogP contribution in [-0.2, 0) is 0 Å². The molecule has 0 radical (unpaired) electrons. The van der Waals surface area contributed by atoms with E-state index in [-0.39, 0.29) is 12.0 Å². The van der Waals surface area contributed by atoms with E-state index in [1.165, 1.54) is 11.1 Å². The van der Waals surface area contributed by atoms with Crippen LogP contribution in [-0.4, -0.2) is 5.71 Å². The molecule has 0 fully saturated rings. The van der Waals surface area contributed by atoms with E-state index in [4.69, 9.17) is 10.7 Å². The molecule has 0 spiro atoms. The minimum Gasteiger partial charge on any atom is -0.402 e. The van der Waals surface area contributed by atoms with Gasteiger partial charge in [-0.2, -0.15) is 0 Å². The van der Waals surface area contributed by atoms with E-state index in [9.17, 15) is 0 Å². The number of aliphatic imine (C=N–C) groups is 1. The Morgan fingerprint density at radius 1 is 0.952 bits per heavy atom. The lowest BCUT2D eigenvalue weighted by Crippen LogP contribution is -2.23. The zero-order valence-corrected chi connectivity index (χ0v) is 12.5. The molecule has 2 N–H and O–H groups in total. The first-order valence-corrected chi connectivity index (χ1v) is 7.32. The van der Waals surface area contributed by atoms with E-state index in [1.54, 1.807) is 0 Å². The molecule has 0 saturated carbocycles. The van der Waals surface area contributed by atoms with Gasteiger partial charge >= 0.3 is 0 Å². The minimum atomic E-state index is 0.0887. The van der Waals surface area contributed by atoms with Gasteiger partial charge in [0.15, 0.2) is 0 Å². The third-order valence-electron chi connectivity index (χ3n) is 4.14. The van der Waals surface area contributed by atoms with E-state index in [2.05, 4.69) is 50.2 Å². The lowest BCUT2D eigenvalue weighted by molar-refractivity contribution is 0.530. The summed E-state index contributed by atoms with van der Waals surface area (Å²) in [4.78, 5) is 4.97.